The van der Waals surface area contributed by atoms with Crippen molar-refractivity contribution < 1.29 is 4.42 Å². The maximum Gasteiger partial charge on any atom is 0.107 e. The van der Waals surface area contributed by atoms with Crippen molar-refractivity contribution in [1.82, 2.24) is 0 Å². The van der Waals surface area contributed by atoms with Crippen LogP contribution in [0.2, 0.25) is 0 Å². The minimum absolute atomic E-state index is 0.422. The van der Waals surface area contributed by atoms with E-state index in [1.54, 1.807) is 18.0 Å². The number of thioether (sulfide) groups is 1. The molecule has 0 saturated heterocycles. The molecule has 0 aliphatic heterocycles. The van der Waals surface area contributed by atoms with Gasteiger partial charge < -0.3 is 15.5 Å². The topological polar surface area (TPSA) is 51.2 Å². The van der Waals surface area contributed by atoms with Crippen LogP contribution in [-0.2, 0) is 6.42 Å². The van der Waals surface area contributed by atoms with E-state index in [-0.39, 0.29) is 0 Å². The fourth-order valence-electron chi connectivity index (χ4n) is 1.88. The smallest absolute Gasteiger partial charge is 0.107 e. The lowest BCUT2D eigenvalue weighted by Crippen LogP contribution is -2.15. The molecule has 3 N–H and O–H groups in total. The summed E-state index contributed by atoms with van der Waals surface area (Å²) in [6, 6.07) is 9.88. The van der Waals surface area contributed by atoms with Crippen LogP contribution in [0.1, 0.15) is 11.3 Å². The third-order valence-corrected chi connectivity index (χ3v) is 3.74. The lowest BCUT2D eigenvalue weighted by Gasteiger charge is -2.13. The molecule has 1 aromatic heterocycles. The summed E-state index contributed by atoms with van der Waals surface area (Å²) >= 11 is 6.78. The van der Waals surface area contributed by atoms with E-state index in [0.717, 1.165) is 34.9 Å². The van der Waals surface area contributed by atoms with Crippen LogP contribution in [0.15, 0.2) is 45.9 Å². The first-order valence-corrected chi connectivity index (χ1v) is 7.58. The molecule has 0 bridgehead atoms. The Kier molecular flexibility index (Phi) is 4.87. The Labute approximate surface area is 122 Å². The Bertz CT molecular complexity index is 553. The number of nitrogens with one attached hydrogen (secondary N) is 1. The Balaban J connectivity index is 2.09. The van der Waals surface area contributed by atoms with Crippen molar-refractivity contribution in [3.05, 3.63) is 47.9 Å². The van der Waals surface area contributed by atoms with E-state index in [4.69, 9.17) is 22.4 Å². The number of hydrogen-bond donors (Lipinski definition) is 2. The lowest BCUT2D eigenvalue weighted by molar-refractivity contribution is 0.513. The SMILES string of the molecule is CSc1cccc(NCCc2ccco2)c1C(N)=S. The van der Waals surface area contributed by atoms with Crippen LogP contribution in [0.5, 0.6) is 0 Å². The van der Waals surface area contributed by atoms with Crippen LogP contribution in [0.3, 0.4) is 0 Å². The van der Waals surface area contributed by atoms with Gasteiger partial charge in [0.2, 0.25) is 0 Å². The predicted octanol–water partition coefficient (Wildman–Crippen LogP) is 3.29. The summed E-state index contributed by atoms with van der Waals surface area (Å²) in [7, 11) is 0. The molecule has 0 aliphatic rings. The zero-order chi connectivity index (χ0) is 13.7. The van der Waals surface area contributed by atoms with Gasteiger partial charge in [-0.1, -0.05) is 18.3 Å². The van der Waals surface area contributed by atoms with Gasteiger partial charge in [-0.05, 0) is 30.5 Å². The number of rotatable bonds is 6. The number of anilines is 1. The molecule has 0 unspecified atom stereocenters. The molecule has 1 heterocycles. The van der Waals surface area contributed by atoms with E-state index >= 15 is 0 Å². The second-order valence-electron chi connectivity index (χ2n) is 4.00. The quantitative estimate of drug-likeness (QED) is 0.632. The van der Waals surface area contributed by atoms with E-state index in [2.05, 4.69) is 5.32 Å². The van der Waals surface area contributed by atoms with Gasteiger partial charge in [0.05, 0.1) is 6.26 Å². The van der Waals surface area contributed by atoms with Crippen LogP contribution in [0.4, 0.5) is 5.69 Å². The third kappa shape index (κ3) is 3.52. The summed E-state index contributed by atoms with van der Waals surface area (Å²) in [5.41, 5.74) is 7.72. The molecule has 0 fully saturated rings. The average Bonchev–Trinajstić information content (AvgIpc) is 2.91. The van der Waals surface area contributed by atoms with Crippen LogP contribution in [-0.4, -0.2) is 17.8 Å². The summed E-state index contributed by atoms with van der Waals surface area (Å²) in [6.45, 7) is 0.779. The molecule has 3 nitrogen and oxygen atoms in total. The van der Waals surface area contributed by atoms with Crippen molar-refractivity contribution in [3.8, 4) is 0 Å². The standard InChI is InChI=1S/C14H16N2OS2/c1-19-12-6-2-5-11(13(12)14(15)18)16-8-7-10-4-3-9-17-10/h2-6,9,16H,7-8H2,1H3,(H2,15,18). The first kappa shape index (κ1) is 14.0. The van der Waals surface area contributed by atoms with E-state index < -0.39 is 0 Å². The molecule has 0 aliphatic carbocycles. The van der Waals surface area contributed by atoms with Gasteiger partial charge in [-0.15, -0.1) is 11.8 Å². The van der Waals surface area contributed by atoms with Crippen molar-refractivity contribution in [1.29, 1.82) is 0 Å². The number of thiocarbonyl (C=S) groups is 1. The van der Waals surface area contributed by atoms with Gasteiger partial charge >= 0.3 is 0 Å². The van der Waals surface area contributed by atoms with Gasteiger partial charge in [0.1, 0.15) is 10.7 Å². The molecule has 2 aromatic rings. The summed E-state index contributed by atoms with van der Waals surface area (Å²) in [5.74, 6) is 0.963. The van der Waals surface area contributed by atoms with Crippen LogP contribution < -0.4 is 11.1 Å². The minimum atomic E-state index is 0.422. The fourth-order valence-corrected chi connectivity index (χ4v) is 2.80. The van der Waals surface area contributed by atoms with Crippen LogP contribution in [0.25, 0.3) is 0 Å². The van der Waals surface area contributed by atoms with Gasteiger partial charge in [-0.2, -0.15) is 0 Å². The average molecular weight is 292 g/mol. The number of furan rings is 1. The number of benzene rings is 1. The van der Waals surface area contributed by atoms with Gasteiger partial charge in [0.25, 0.3) is 0 Å². The highest BCUT2D eigenvalue weighted by Gasteiger charge is 2.10. The van der Waals surface area contributed by atoms with Crippen molar-refractivity contribution in [3.63, 3.8) is 0 Å². The van der Waals surface area contributed by atoms with Crippen molar-refractivity contribution in [2.24, 2.45) is 5.73 Å². The third-order valence-electron chi connectivity index (χ3n) is 2.76. The first-order chi connectivity index (χ1) is 9.22. The molecule has 0 spiro atoms. The highest BCUT2D eigenvalue weighted by atomic mass is 32.2. The monoisotopic (exact) mass is 292 g/mol. The van der Waals surface area contributed by atoms with Gasteiger partial charge in [-0.25, -0.2) is 0 Å². The Morgan fingerprint density at radius 3 is 2.84 bits per heavy atom. The van der Waals surface area contributed by atoms with Crippen molar-refractivity contribution >= 4 is 34.7 Å². The normalized spacial score (nSPS) is 10.4. The lowest BCUT2D eigenvalue weighted by atomic mass is 10.1. The highest BCUT2D eigenvalue weighted by Crippen LogP contribution is 2.27. The number of nitrogens with two attached hydrogens (primary N) is 1. The number of hydrogen-bond acceptors (Lipinski definition) is 4. The van der Waals surface area contributed by atoms with E-state index in [1.165, 1.54) is 0 Å². The van der Waals surface area contributed by atoms with Gasteiger partial charge in [0, 0.05) is 29.1 Å². The zero-order valence-corrected chi connectivity index (χ0v) is 12.3. The minimum Gasteiger partial charge on any atom is -0.469 e. The molecule has 5 heteroatoms. The predicted molar refractivity (Wildman–Crippen MR) is 85.0 cm³/mol. The highest BCUT2D eigenvalue weighted by molar-refractivity contribution is 7.98. The largest absolute Gasteiger partial charge is 0.469 e. The Morgan fingerprint density at radius 2 is 2.21 bits per heavy atom. The Morgan fingerprint density at radius 1 is 1.37 bits per heavy atom. The molecule has 2 rings (SSSR count). The molecule has 0 atom stereocenters. The Hall–Kier alpha value is -1.46. The molecule has 1 aromatic carbocycles. The second kappa shape index (κ2) is 6.63. The summed E-state index contributed by atoms with van der Waals surface area (Å²) in [6.07, 6.45) is 4.53. The van der Waals surface area contributed by atoms with Crippen molar-refractivity contribution in [2.45, 2.75) is 11.3 Å². The van der Waals surface area contributed by atoms with E-state index in [1.807, 2.05) is 36.6 Å². The molecule has 19 heavy (non-hydrogen) atoms. The van der Waals surface area contributed by atoms with E-state index in [9.17, 15) is 0 Å². The van der Waals surface area contributed by atoms with Gasteiger partial charge in [-0.3, -0.25) is 0 Å². The molecular formula is C14H16N2OS2. The van der Waals surface area contributed by atoms with Crippen LogP contribution in [0, 0.1) is 0 Å². The van der Waals surface area contributed by atoms with Crippen LogP contribution >= 0.6 is 24.0 Å². The summed E-state index contributed by atoms with van der Waals surface area (Å²) in [5, 5.41) is 3.37. The summed E-state index contributed by atoms with van der Waals surface area (Å²) in [4.78, 5) is 1.51. The molecule has 100 valence electrons. The molecule has 0 amide bonds. The maximum absolute atomic E-state index is 5.82. The molecule has 0 saturated carbocycles. The first-order valence-electron chi connectivity index (χ1n) is 5.95. The van der Waals surface area contributed by atoms with Crippen molar-refractivity contribution in [2.75, 3.05) is 18.1 Å². The summed E-state index contributed by atoms with van der Waals surface area (Å²) < 4.78 is 5.30. The molecular weight excluding hydrogens is 276 g/mol. The van der Waals surface area contributed by atoms with E-state index in [0.29, 0.717) is 4.99 Å². The molecule has 0 radical (unpaired) electrons. The zero-order valence-electron chi connectivity index (χ0n) is 10.7. The van der Waals surface area contributed by atoms with Gasteiger partial charge in [0.15, 0.2) is 0 Å². The second-order valence-corrected chi connectivity index (χ2v) is 5.29. The fraction of sp³-hybridized carbons (Fsp3) is 0.214. The maximum atomic E-state index is 5.82.